The Labute approximate surface area is 239 Å². The van der Waals surface area contributed by atoms with Crippen LogP contribution < -0.4 is 0 Å². The molecule has 0 saturated carbocycles. The lowest BCUT2D eigenvalue weighted by molar-refractivity contribution is 0.551. The van der Waals surface area contributed by atoms with E-state index in [2.05, 4.69) is 128 Å². The molecule has 0 aliphatic heterocycles. The van der Waals surface area contributed by atoms with Gasteiger partial charge in [0.1, 0.15) is 0 Å². The van der Waals surface area contributed by atoms with Gasteiger partial charge in [-0.3, -0.25) is 4.98 Å². The second kappa shape index (κ2) is 9.65. The molecule has 2 aromatic heterocycles. The molecule has 0 spiro atoms. The van der Waals surface area contributed by atoms with Crippen LogP contribution in [0.4, 0.5) is 0 Å². The molecule has 0 radical (unpaired) electrons. The lowest BCUT2D eigenvalue weighted by atomic mass is 9.55. The van der Waals surface area contributed by atoms with Crippen molar-refractivity contribution in [3.8, 4) is 5.69 Å². The molecule has 0 unspecified atom stereocenters. The zero-order valence-corrected chi connectivity index (χ0v) is 23.3. The van der Waals surface area contributed by atoms with Crippen molar-refractivity contribution in [2.45, 2.75) is 34.5 Å². The fraction of sp³-hybridized carbons (Fsp3) is 0.111. The van der Waals surface area contributed by atoms with Crippen molar-refractivity contribution in [3.05, 3.63) is 173 Å². The molecule has 40 heavy (non-hydrogen) atoms. The van der Waals surface area contributed by atoms with Crippen LogP contribution in [0.5, 0.6) is 0 Å². The van der Waals surface area contributed by atoms with E-state index in [0.717, 1.165) is 11.4 Å². The van der Waals surface area contributed by atoms with Gasteiger partial charge >= 0.3 is 0 Å². The molecule has 1 aliphatic rings. The van der Waals surface area contributed by atoms with Crippen LogP contribution >= 0.6 is 11.8 Å². The van der Waals surface area contributed by atoms with Gasteiger partial charge in [-0.15, -0.1) is 0 Å². The van der Waals surface area contributed by atoms with Gasteiger partial charge in [-0.1, -0.05) is 98.4 Å². The first kappa shape index (κ1) is 24.6. The highest BCUT2D eigenvalue weighted by Crippen LogP contribution is 2.55. The summed E-state index contributed by atoms with van der Waals surface area (Å²) in [4.78, 5) is 7.39. The minimum absolute atomic E-state index is 0.134. The van der Waals surface area contributed by atoms with E-state index >= 15 is 0 Å². The number of hydrogen-bond acceptors (Lipinski definition) is 3. The third-order valence-corrected chi connectivity index (χ3v) is 9.13. The summed E-state index contributed by atoms with van der Waals surface area (Å²) >= 11 is 1.77. The van der Waals surface area contributed by atoms with Gasteiger partial charge in [-0.2, -0.15) is 5.10 Å². The van der Waals surface area contributed by atoms with Crippen LogP contribution in [0.1, 0.15) is 47.4 Å². The molecule has 7 rings (SSSR count). The maximum Gasteiger partial charge on any atom is 0.0880 e. The number of hydrogen-bond donors (Lipinski definition) is 0. The summed E-state index contributed by atoms with van der Waals surface area (Å²) in [7, 11) is 0. The molecule has 0 amide bonds. The van der Waals surface area contributed by atoms with Crippen LogP contribution in [-0.4, -0.2) is 14.8 Å². The molecule has 0 fully saturated rings. The van der Waals surface area contributed by atoms with Crippen molar-refractivity contribution in [3.63, 3.8) is 0 Å². The zero-order valence-electron chi connectivity index (χ0n) is 22.5. The summed E-state index contributed by atoms with van der Waals surface area (Å²) in [5.74, 6) is 0. The summed E-state index contributed by atoms with van der Waals surface area (Å²) in [6.45, 7) is 4.68. The van der Waals surface area contributed by atoms with Gasteiger partial charge in [0.25, 0.3) is 0 Å². The molecule has 4 aromatic carbocycles. The highest BCUT2D eigenvalue weighted by Gasteiger charge is 2.49. The Bertz CT molecular complexity index is 1760. The third-order valence-electron chi connectivity index (χ3n) is 8.15. The summed E-state index contributed by atoms with van der Waals surface area (Å²) in [6, 6.07) is 43.6. The van der Waals surface area contributed by atoms with Crippen LogP contribution in [-0.2, 0) is 10.8 Å². The molecule has 3 nitrogen and oxygen atoms in total. The van der Waals surface area contributed by atoms with Crippen LogP contribution in [0.2, 0.25) is 0 Å². The molecule has 1 aliphatic carbocycles. The highest BCUT2D eigenvalue weighted by molar-refractivity contribution is 7.99. The summed E-state index contributed by atoms with van der Waals surface area (Å²) in [5.41, 5.74) is 7.88. The van der Waals surface area contributed by atoms with Crippen molar-refractivity contribution < 1.29 is 0 Å². The smallest absolute Gasteiger partial charge is 0.0880 e. The molecule has 2 heterocycles. The fourth-order valence-corrected chi connectivity index (χ4v) is 7.29. The number of benzene rings is 4. The van der Waals surface area contributed by atoms with Crippen molar-refractivity contribution >= 4 is 11.8 Å². The van der Waals surface area contributed by atoms with E-state index < -0.39 is 5.41 Å². The van der Waals surface area contributed by atoms with Crippen molar-refractivity contribution in [2.75, 3.05) is 0 Å². The van der Waals surface area contributed by atoms with Crippen molar-refractivity contribution in [2.24, 2.45) is 0 Å². The minimum atomic E-state index is -0.544. The van der Waals surface area contributed by atoms with E-state index in [4.69, 9.17) is 4.98 Å². The molecule has 0 saturated heterocycles. The van der Waals surface area contributed by atoms with Gasteiger partial charge < -0.3 is 0 Å². The molecule has 0 bridgehead atoms. The topological polar surface area (TPSA) is 30.7 Å². The molecular weight excluding hydrogens is 506 g/mol. The first-order valence-corrected chi connectivity index (χ1v) is 14.4. The molecule has 4 heteroatoms. The van der Waals surface area contributed by atoms with Gasteiger partial charge in [0, 0.05) is 33.8 Å². The van der Waals surface area contributed by atoms with Gasteiger partial charge in [-0.25, -0.2) is 4.68 Å². The molecule has 0 N–H and O–H groups in total. The second-order valence-electron chi connectivity index (χ2n) is 10.8. The minimum Gasteiger partial charge on any atom is -0.260 e. The number of aromatic nitrogens is 3. The maximum atomic E-state index is 5.03. The number of fused-ring (bicyclic) bond motifs is 2. The quantitative estimate of drug-likeness (QED) is 0.222. The normalized spacial score (nSPS) is 14.8. The van der Waals surface area contributed by atoms with E-state index in [1.807, 2.05) is 35.4 Å². The molecular formula is C36H29N3S. The second-order valence-corrected chi connectivity index (χ2v) is 11.9. The lowest BCUT2D eigenvalue weighted by Crippen LogP contribution is -2.42. The van der Waals surface area contributed by atoms with E-state index in [0.29, 0.717) is 0 Å². The average Bonchev–Trinajstić information content (AvgIpc) is 3.54. The maximum absolute atomic E-state index is 5.03. The standard InChI is InChI=1S/C36H29N3S/c1-35(2)30-16-3-5-18-32(30)36(34-20-7-8-21-37-34,33-19-6-4-17-31(33)35)26-12-9-14-28(24-26)40-29-15-10-13-27(25-29)39-23-11-22-38-39/h3-25H,1-2H3. The molecule has 0 atom stereocenters. The van der Waals surface area contributed by atoms with Gasteiger partial charge in [0.2, 0.25) is 0 Å². The fourth-order valence-electron chi connectivity index (χ4n) is 6.36. The van der Waals surface area contributed by atoms with E-state index in [1.54, 1.807) is 11.8 Å². The van der Waals surface area contributed by atoms with E-state index in [-0.39, 0.29) is 5.41 Å². The number of nitrogens with zero attached hydrogens (tertiary/aromatic N) is 3. The van der Waals surface area contributed by atoms with Gasteiger partial charge in [0.05, 0.1) is 16.8 Å². The van der Waals surface area contributed by atoms with Crippen LogP contribution in [0.3, 0.4) is 0 Å². The highest BCUT2D eigenvalue weighted by atomic mass is 32.2. The summed E-state index contributed by atoms with van der Waals surface area (Å²) in [6.07, 6.45) is 5.70. The van der Waals surface area contributed by atoms with Gasteiger partial charge in [0.15, 0.2) is 0 Å². The monoisotopic (exact) mass is 535 g/mol. The van der Waals surface area contributed by atoms with Crippen molar-refractivity contribution in [1.82, 2.24) is 14.8 Å². The zero-order chi connectivity index (χ0) is 27.2. The number of pyridine rings is 1. The molecule has 194 valence electrons. The Hall–Kier alpha value is -4.41. The van der Waals surface area contributed by atoms with E-state index in [9.17, 15) is 0 Å². The predicted molar refractivity (Wildman–Crippen MR) is 162 cm³/mol. The largest absolute Gasteiger partial charge is 0.260 e. The van der Waals surface area contributed by atoms with Crippen LogP contribution in [0.15, 0.2) is 150 Å². The Morgan fingerprint density at radius 2 is 1.25 bits per heavy atom. The summed E-state index contributed by atoms with van der Waals surface area (Å²) < 4.78 is 1.90. The Balaban J connectivity index is 1.44. The lowest BCUT2D eigenvalue weighted by Gasteiger charge is -2.47. The summed E-state index contributed by atoms with van der Waals surface area (Å²) in [5, 5.41) is 4.41. The Kier molecular flexibility index (Phi) is 5.94. The predicted octanol–water partition coefficient (Wildman–Crippen LogP) is 8.44. The third kappa shape index (κ3) is 3.82. The van der Waals surface area contributed by atoms with Crippen molar-refractivity contribution in [1.29, 1.82) is 0 Å². The first-order valence-electron chi connectivity index (χ1n) is 13.6. The van der Waals surface area contributed by atoms with Gasteiger partial charge in [-0.05, 0) is 76.3 Å². The Morgan fingerprint density at radius 1 is 0.600 bits per heavy atom. The first-order chi connectivity index (χ1) is 19.6. The number of rotatable bonds is 5. The SMILES string of the molecule is CC1(C)c2ccccc2C(c2cccc(Sc3cccc(-n4cccn4)c3)c2)(c2ccccn2)c2ccccc21. The van der Waals surface area contributed by atoms with Crippen LogP contribution in [0, 0.1) is 0 Å². The molecule has 6 aromatic rings. The van der Waals surface area contributed by atoms with E-state index in [1.165, 1.54) is 37.6 Å². The Morgan fingerprint density at radius 3 is 1.90 bits per heavy atom. The van der Waals surface area contributed by atoms with Crippen LogP contribution in [0.25, 0.3) is 5.69 Å². The average molecular weight is 536 g/mol.